The first-order valence-corrected chi connectivity index (χ1v) is 7.74. The summed E-state index contributed by atoms with van der Waals surface area (Å²) >= 11 is 0. The Morgan fingerprint density at radius 3 is 2.35 bits per heavy atom. The molecule has 1 heterocycles. The number of hydrogen-bond acceptors (Lipinski definition) is 3. The smallest absolute Gasteiger partial charge is 0.268 e. The second kappa shape index (κ2) is 7.22. The Kier molecular flexibility index (Phi) is 4.86. The van der Waals surface area contributed by atoms with Gasteiger partial charge in [-0.1, -0.05) is 60.7 Å². The monoisotopic (exact) mass is 308 g/mol. The van der Waals surface area contributed by atoms with E-state index in [1.807, 2.05) is 77.8 Å². The van der Waals surface area contributed by atoms with Gasteiger partial charge >= 0.3 is 0 Å². The lowest BCUT2D eigenvalue weighted by atomic mass is 10.1. The van der Waals surface area contributed by atoms with Crippen LogP contribution in [-0.4, -0.2) is 40.2 Å². The van der Waals surface area contributed by atoms with Gasteiger partial charge in [0.1, 0.15) is 0 Å². The Labute approximate surface area is 136 Å². The van der Waals surface area contributed by atoms with E-state index in [9.17, 15) is 9.90 Å². The highest BCUT2D eigenvalue weighted by Gasteiger charge is 2.29. The molecular weight excluding hydrogens is 288 g/mol. The number of hydrazine groups is 1. The minimum Gasteiger partial charge on any atom is -0.394 e. The van der Waals surface area contributed by atoms with Crippen LogP contribution in [0.4, 0.5) is 0 Å². The first-order chi connectivity index (χ1) is 11.3. The fraction of sp³-hybridized carbons (Fsp3) is 0.211. The summed E-state index contributed by atoms with van der Waals surface area (Å²) in [5, 5.41) is 13.3. The van der Waals surface area contributed by atoms with Gasteiger partial charge in [0.2, 0.25) is 0 Å². The van der Waals surface area contributed by atoms with E-state index in [0.717, 1.165) is 5.56 Å². The molecule has 0 saturated carbocycles. The van der Waals surface area contributed by atoms with Crippen molar-refractivity contribution in [3.8, 4) is 0 Å². The van der Waals surface area contributed by atoms with E-state index >= 15 is 0 Å². The van der Waals surface area contributed by atoms with Crippen molar-refractivity contribution in [3.05, 3.63) is 83.9 Å². The van der Waals surface area contributed by atoms with Crippen LogP contribution >= 0.6 is 0 Å². The van der Waals surface area contributed by atoms with Crippen molar-refractivity contribution >= 4 is 5.91 Å². The molecule has 2 aromatic rings. The van der Waals surface area contributed by atoms with Crippen LogP contribution in [0.3, 0.4) is 0 Å². The lowest BCUT2D eigenvalue weighted by molar-refractivity contribution is -0.0451. The van der Waals surface area contributed by atoms with Crippen LogP contribution in [0.1, 0.15) is 15.9 Å². The van der Waals surface area contributed by atoms with E-state index in [1.165, 1.54) is 0 Å². The van der Waals surface area contributed by atoms with Gasteiger partial charge < -0.3 is 5.11 Å². The van der Waals surface area contributed by atoms with Gasteiger partial charge in [0.15, 0.2) is 0 Å². The molecule has 1 aliphatic heterocycles. The third kappa shape index (κ3) is 3.50. The predicted octanol–water partition coefficient (Wildman–Crippen LogP) is 2.48. The highest BCUT2D eigenvalue weighted by molar-refractivity contribution is 5.94. The van der Waals surface area contributed by atoms with Gasteiger partial charge in [-0.15, -0.1) is 0 Å². The number of carbonyl (C=O) groups is 1. The lowest BCUT2D eigenvalue weighted by Crippen LogP contribution is -2.54. The molecule has 0 aliphatic carbocycles. The molecule has 1 N–H and O–H groups in total. The van der Waals surface area contributed by atoms with Crippen LogP contribution in [-0.2, 0) is 6.54 Å². The quantitative estimate of drug-likeness (QED) is 0.883. The summed E-state index contributed by atoms with van der Waals surface area (Å²) in [5.74, 6) is -0.0515. The van der Waals surface area contributed by atoms with Crippen LogP contribution in [0.2, 0.25) is 0 Å². The Hall–Kier alpha value is -2.43. The normalized spacial score (nSPS) is 18.1. The molecule has 3 rings (SSSR count). The van der Waals surface area contributed by atoms with Crippen molar-refractivity contribution in [1.82, 2.24) is 10.0 Å². The van der Waals surface area contributed by atoms with Crippen LogP contribution in [0.5, 0.6) is 0 Å². The topological polar surface area (TPSA) is 43.8 Å². The molecule has 2 aromatic carbocycles. The minimum absolute atomic E-state index is 0.0259. The Morgan fingerprint density at radius 1 is 1.04 bits per heavy atom. The summed E-state index contributed by atoms with van der Waals surface area (Å²) in [6.45, 7) is 1.06. The van der Waals surface area contributed by atoms with E-state index in [-0.39, 0.29) is 18.6 Å². The molecule has 1 atom stereocenters. The van der Waals surface area contributed by atoms with Gasteiger partial charge in [-0.2, -0.15) is 0 Å². The summed E-state index contributed by atoms with van der Waals surface area (Å²) in [5.41, 5.74) is 1.75. The Morgan fingerprint density at radius 2 is 1.70 bits per heavy atom. The van der Waals surface area contributed by atoms with Crippen molar-refractivity contribution in [2.24, 2.45) is 0 Å². The number of aliphatic hydroxyl groups is 1. The zero-order valence-electron chi connectivity index (χ0n) is 12.9. The third-order valence-corrected chi connectivity index (χ3v) is 3.96. The van der Waals surface area contributed by atoms with E-state index < -0.39 is 0 Å². The number of benzene rings is 2. The van der Waals surface area contributed by atoms with Gasteiger partial charge in [-0.3, -0.25) is 9.80 Å². The van der Waals surface area contributed by atoms with Crippen molar-refractivity contribution in [3.63, 3.8) is 0 Å². The third-order valence-electron chi connectivity index (χ3n) is 3.96. The molecule has 4 nitrogen and oxygen atoms in total. The maximum atomic E-state index is 12.8. The SMILES string of the molecule is O=C(c1ccccc1)N1CC=CC(CO)N1Cc1ccccc1. The number of hydrogen-bond donors (Lipinski definition) is 1. The molecule has 4 heteroatoms. The second-order valence-corrected chi connectivity index (χ2v) is 5.51. The molecule has 118 valence electrons. The summed E-state index contributed by atoms with van der Waals surface area (Å²) < 4.78 is 0. The van der Waals surface area contributed by atoms with Crippen molar-refractivity contribution in [2.75, 3.05) is 13.2 Å². The summed E-state index contributed by atoms with van der Waals surface area (Å²) in [4.78, 5) is 12.8. The largest absolute Gasteiger partial charge is 0.394 e. The van der Waals surface area contributed by atoms with Gasteiger partial charge in [0.05, 0.1) is 19.2 Å². The first-order valence-electron chi connectivity index (χ1n) is 7.74. The summed E-state index contributed by atoms with van der Waals surface area (Å²) in [6, 6.07) is 19.0. The van der Waals surface area contributed by atoms with Crippen LogP contribution in [0.15, 0.2) is 72.8 Å². The van der Waals surface area contributed by atoms with Gasteiger partial charge in [-0.05, 0) is 17.7 Å². The molecular formula is C19H20N2O2. The number of aliphatic hydroxyl groups excluding tert-OH is 1. The second-order valence-electron chi connectivity index (χ2n) is 5.51. The van der Waals surface area contributed by atoms with Crippen molar-refractivity contribution in [1.29, 1.82) is 0 Å². The lowest BCUT2D eigenvalue weighted by Gasteiger charge is -2.41. The molecule has 0 bridgehead atoms. The number of rotatable bonds is 4. The zero-order chi connectivity index (χ0) is 16.1. The van der Waals surface area contributed by atoms with Crippen molar-refractivity contribution in [2.45, 2.75) is 12.6 Å². The fourth-order valence-corrected chi connectivity index (χ4v) is 2.76. The summed E-state index contributed by atoms with van der Waals surface area (Å²) in [7, 11) is 0. The molecule has 0 radical (unpaired) electrons. The van der Waals surface area contributed by atoms with Crippen LogP contribution in [0.25, 0.3) is 0 Å². The standard InChI is InChI=1S/C19H20N2O2/c22-15-18-12-7-13-20(19(23)17-10-5-2-6-11-17)21(18)14-16-8-3-1-4-9-16/h1-12,18,22H,13-15H2. The number of carbonyl (C=O) groups excluding carboxylic acids is 1. The van der Waals surface area contributed by atoms with E-state index in [4.69, 9.17) is 0 Å². The predicted molar refractivity (Wildman–Crippen MR) is 89.5 cm³/mol. The van der Waals surface area contributed by atoms with E-state index in [2.05, 4.69) is 0 Å². The first kappa shape index (κ1) is 15.5. The molecule has 23 heavy (non-hydrogen) atoms. The van der Waals surface area contributed by atoms with E-state index in [1.54, 1.807) is 5.01 Å². The van der Waals surface area contributed by atoms with Crippen LogP contribution in [0, 0.1) is 0 Å². The Balaban J connectivity index is 1.87. The molecule has 1 aliphatic rings. The summed E-state index contributed by atoms with van der Waals surface area (Å²) in [6.07, 6.45) is 3.89. The van der Waals surface area contributed by atoms with Crippen LogP contribution < -0.4 is 0 Å². The number of amides is 1. The number of nitrogens with zero attached hydrogens (tertiary/aromatic N) is 2. The van der Waals surface area contributed by atoms with Crippen molar-refractivity contribution < 1.29 is 9.90 Å². The highest BCUT2D eigenvalue weighted by Crippen LogP contribution is 2.19. The van der Waals surface area contributed by atoms with Gasteiger partial charge in [-0.25, -0.2) is 5.01 Å². The fourth-order valence-electron chi connectivity index (χ4n) is 2.76. The molecule has 1 unspecified atom stereocenters. The zero-order valence-corrected chi connectivity index (χ0v) is 12.9. The molecule has 0 saturated heterocycles. The van der Waals surface area contributed by atoms with Gasteiger partial charge in [0, 0.05) is 12.1 Å². The average Bonchev–Trinajstić information content (AvgIpc) is 2.63. The molecule has 0 fully saturated rings. The van der Waals surface area contributed by atoms with E-state index in [0.29, 0.717) is 18.7 Å². The van der Waals surface area contributed by atoms with Gasteiger partial charge in [0.25, 0.3) is 5.91 Å². The maximum Gasteiger partial charge on any atom is 0.268 e. The Bertz CT molecular complexity index is 670. The maximum absolute atomic E-state index is 12.8. The minimum atomic E-state index is -0.198. The molecule has 0 aromatic heterocycles. The molecule has 0 spiro atoms. The molecule has 1 amide bonds. The average molecular weight is 308 g/mol. The highest BCUT2D eigenvalue weighted by atomic mass is 16.3.